The minimum atomic E-state index is -0.436. The molecule has 1 N–H and O–H groups in total. The fourth-order valence-electron chi connectivity index (χ4n) is 3.20. The first-order valence-electron chi connectivity index (χ1n) is 9.48. The van der Waals surface area contributed by atoms with E-state index in [0.717, 1.165) is 26.6 Å². The van der Waals surface area contributed by atoms with Gasteiger partial charge in [0, 0.05) is 12.5 Å². The molecule has 31 heavy (non-hydrogen) atoms. The van der Waals surface area contributed by atoms with Gasteiger partial charge in [0.15, 0.2) is 10.2 Å². The van der Waals surface area contributed by atoms with E-state index >= 15 is 0 Å². The number of amides is 3. The monoisotopic (exact) mass is 450 g/mol. The van der Waals surface area contributed by atoms with Gasteiger partial charge in [-0.1, -0.05) is 72.0 Å². The van der Waals surface area contributed by atoms with Crippen LogP contribution in [0.4, 0.5) is 5.13 Å². The summed E-state index contributed by atoms with van der Waals surface area (Å²) in [4.78, 5) is 44.3. The van der Waals surface area contributed by atoms with Crippen molar-refractivity contribution in [3.05, 3.63) is 60.7 Å². The van der Waals surface area contributed by atoms with E-state index in [0.29, 0.717) is 5.13 Å². The van der Waals surface area contributed by atoms with E-state index in [1.807, 2.05) is 60.7 Å². The lowest BCUT2D eigenvalue weighted by Crippen LogP contribution is -2.39. The topological polar surface area (TPSA) is 82.6 Å². The average molecular weight is 451 g/mol. The van der Waals surface area contributed by atoms with Gasteiger partial charge in [0.1, 0.15) is 13.1 Å². The molecule has 1 fully saturated rings. The largest absolute Gasteiger partial charge is 0.300 e. The summed E-state index contributed by atoms with van der Waals surface area (Å²) in [6.45, 7) is 0.909. The molecule has 2 aromatic carbocycles. The molecule has 0 atom stereocenters. The molecular weight excluding hydrogens is 432 g/mol. The van der Waals surface area contributed by atoms with Gasteiger partial charge < -0.3 is 5.32 Å². The van der Waals surface area contributed by atoms with Crippen LogP contribution in [-0.2, 0) is 14.4 Å². The smallest absolute Gasteiger partial charge is 0.249 e. The molecule has 3 aromatic rings. The van der Waals surface area contributed by atoms with Crippen molar-refractivity contribution >= 4 is 51.5 Å². The number of rotatable bonds is 5. The van der Waals surface area contributed by atoms with Crippen molar-refractivity contribution < 1.29 is 14.4 Å². The summed E-state index contributed by atoms with van der Waals surface area (Å²) in [5, 5.41) is 3.23. The van der Waals surface area contributed by atoms with Crippen LogP contribution in [-0.4, -0.2) is 50.7 Å². The maximum atomic E-state index is 12.6. The first-order valence-corrected chi connectivity index (χ1v) is 10.7. The Labute approximate surface area is 188 Å². The van der Waals surface area contributed by atoms with Gasteiger partial charge >= 0.3 is 0 Å². The fraction of sp³-hybridized carbons (Fsp3) is 0.136. The molecule has 156 valence electrons. The molecule has 0 aliphatic carbocycles. The first kappa shape index (κ1) is 20.8. The molecule has 0 bridgehead atoms. The molecule has 9 heteroatoms. The molecular formula is C22H18N4O3S2. The zero-order valence-corrected chi connectivity index (χ0v) is 18.2. The van der Waals surface area contributed by atoms with Gasteiger partial charge in [-0.2, -0.15) is 0 Å². The van der Waals surface area contributed by atoms with Crippen molar-refractivity contribution in [3.63, 3.8) is 0 Å². The Morgan fingerprint density at radius 2 is 1.68 bits per heavy atom. The zero-order valence-electron chi connectivity index (χ0n) is 16.6. The highest BCUT2D eigenvalue weighted by Crippen LogP contribution is 2.38. The Balaban J connectivity index is 1.57. The number of carbonyl (C=O) groups is 3. The summed E-state index contributed by atoms with van der Waals surface area (Å²) in [6, 6.07) is 19.5. The number of thiazole rings is 1. The summed E-state index contributed by atoms with van der Waals surface area (Å²) in [7, 11) is 0. The van der Waals surface area contributed by atoms with Crippen molar-refractivity contribution in [1.82, 2.24) is 14.8 Å². The maximum absolute atomic E-state index is 12.6. The molecule has 1 saturated heterocycles. The van der Waals surface area contributed by atoms with Crippen molar-refractivity contribution in [2.24, 2.45) is 0 Å². The Hall–Kier alpha value is -3.43. The minimum absolute atomic E-state index is 0.0433. The van der Waals surface area contributed by atoms with Crippen LogP contribution in [0.15, 0.2) is 60.7 Å². The van der Waals surface area contributed by atoms with Crippen molar-refractivity contribution in [2.75, 3.05) is 18.4 Å². The van der Waals surface area contributed by atoms with Gasteiger partial charge in [-0.25, -0.2) is 4.98 Å². The van der Waals surface area contributed by atoms with Gasteiger partial charge in [0.25, 0.3) is 0 Å². The van der Waals surface area contributed by atoms with Gasteiger partial charge in [-0.15, -0.1) is 0 Å². The molecule has 4 rings (SSSR count). The molecule has 1 aliphatic rings. The molecule has 7 nitrogen and oxygen atoms in total. The van der Waals surface area contributed by atoms with Crippen LogP contribution in [0, 0.1) is 0 Å². The lowest BCUT2D eigenvalue weighted by atomic mass is 10.1. The molecule has 0 spiro atoms. The third kappa shape index (κ3) is 4.37. The van der Waals surface area contributed by atoms with E-state index in [9.17, 15) is 14.4 Å². The van der Waals surface area contributed by atoms with Crippen molar-refractivity contribution in [2.45, 2.75) is 6.92 Å². The van der Waals surface area contributed by atoms with E-state index in [1.54, 1.807) is 0 Å². The summed E-state index contributed by atoms with van der Waals surface area (Å²) < 4.78 is 0. The second-order valence-electron chi connectivity index (χ2n) is 6.84. The summed E-state index contributed by atoms with van der Waals surface area (Å²) in [5.74, 6) is -1.15. The number of nitrogens with zero attached hydrogens (tertiary/aromatic N) is 3. The molecule has 3 amide bonds. The second kappa shape index (κ2) is 8.75. The van der Waals surface area contributed by atoms with Crippen LogP contribution in [0.5, 0.6) is 0 Å². The predicted molar refractivity (Wildman–Crippen MR) is 123 cm³/mol. The maximum Gasteiger partial charge on any atom is 0.249 e. The number of anilines is 1. The molecule has 0 radical (unpaired) electrons. The fourth-order valence-corrected chi connectivity index (χ4v) is 4.56. The Morgan fingerprint density at radius 3 is 2.26 bits per heavy atom. The normalized spacial score (nSPS) is 13.6. The lowest BCUT2D eigenvalue weighted by molar-refractivity contribution is -0.130. The van der Waals surface area contributed by atoms with Crippen LogP contribution in [0.1, 0.15) is 6.92 Å². The number of benzene rings is 2. The molecule has 2 heterocycles. The average Bonchev–Trinajstić information content (AvgIpc) is 3.31. The number of carbonyl (C=O) groups excluding carboxylic acids is 3. The van der Waals surface area contributed by atoms with Crippen LogP contribution in [0.3, 0.4) is 0 Å². The first-order chi connectivity index (χ1) is 14.9. The Bertz CT molecular complexity index is 1110. The summed E-state index contributed by atoms with van der Waals surface area (Å²) in [6.07, 6.45) is 0. The second-order valence-corrected chi connectivity index (χ2v) is 8.21. The summed E-state index contributed by atoms with van der Waals surface area (Å²) >= 11 is 6.52. The predicted octanol–water partition coefficient (Wildman–Crippen LogP) is 3.39. The minimum Gasteiger partial charge on any atom is -0.300 e. The Morgan fingerprint density at radius 1 is 1.06 bits per heavy atom. The number of hydrogen-bond donors (Lipinski definition) is 1. The van der Waals surface area contributed by atoms with E-state index in [1.165, 1.54) is 23.2 Å². The van der Waals surface area contributed by atoms with Crippen molar-refractivity contribution in [1.29, 1.82) is 0 Å². The van der Waals surface area contributed by atoms with Crippen LogP contribution in [0.2, 0.25) is 0 Å². The number of thiocarbonyl (C=S) groups is 1. The van der Waals surface area contributed by atoms with Crippen molar-refractivity contribution in [3.8, 4) is 21.7 Å². The highest BCUT2D eigenvalue weighted by Gasteiger charge is 2.36. The van der Waals surface area contributed by atoms with E-state index in [2.05, 4.69) is 10.3 Å². The van der Waals surface area contributed by atoms with Gasteiger partial charge in [-0.05, 0) is 17.8 Å². The van der Waals surface area contributed by atoms with E-state index < -0.39 is 5.91 Å². The van der Waals surface area contributed by atoms with Crippen LogP contribution >= 0.6 is 23.6 Å². The van der Waals surface area contributed by atoms with Crippen LogP contribution in [0.25, 0.3) is 21.7 Å². The number of hydrogen-bond acceptors (Lipinski definition) is 6. The van der Waals surface area contributed by atoms with Crippen LogP contribution < -0.4 is 5.32 Å². The highest BCUT2D eigenvalue weighted by molar-refractivity contribution is 7.80. The third-order valence-electron chi connectivity index (χ3n) is 4.69. The SMILES string of the molecule is CC(=O)N1CC(=O)N(CC(=O)Nc2nc(-c3ccccc3)c(-c3ccccc3)s2)C1=S. The third-order valence-corrected chi connectivity index (χ3v) is 6.16. The summed E-state index contributed by atoms with van der Waals surface area (Å²) in [5.41, 5.74) is 2.70. The quantitative estimate of drug-likeness (QED) is 0.603. The number of nitrogens with one attached hydrogen (secondary N) is 1. The van der Waals surface area contributed by atoms with Gasteiger partial charge in [-0.3, -0.25) is 24.2 Å². The van der Waals surface area contributed by atoms with Gasteiger partial charge in [0.2, 0.25) is 17.7 Å². The number of aromatic nitrogens is 1. The van der Waals surface area contributed by atoms with Gasteiger partial charge in [0.05, 0.1) is 10.6 Å². The zero-order chi connectivity index (χ0) is 22.0. The molecule has 1 aromatic heterocycles. The molecule has 0 saturated carbocycles. The Kier molecular flexibility index (Phi) is 5.88. The highest BCUT2D eigenvalue weighted by atomic mass is 32.1. The molecule has 1 aliphatic heterocycles. The van der Waals surface area contributed by atoms with E-state index in [4.69, 9.17) is 12.2 Å². The standard InChI is InChI=1S/C22H18N4O3S2/c1-14(27)25-13-18(29)26(22(25)30)12-17(28)23-21-24-19(15-8-4-2-5-9-15)20(31-21)16-10-6-3-7-11-16/h2-11H,12-13H2,1H3,(H,23,24,28). The molecule has 0 unspecified atom stereocenters. The lowest BCUT2D eigenvalue weighted by Gasteiger charge is -2.17. The van der Waals surface area contributed by atoms with E-state index in [-0.39, 0.29) is 30.0 Å².